The molecule has 0 bridgehead atoms. The molecule has 2 N–H and O–H groups in total. The van der Waals surface area contributed by atoms with Crippen LogP contribution in [0.2, 0.25) is 0 Å². The van der Waals surface area contributed by atoms with Crippen molar-refractivity contribution in [1.82, 2.24) is 10.6 Å². The third-order valence-corrected chi connectivity index (χ3v) is 4.26. The molecule has 3 unspecified atom stereocenters. The summed E-state index contributed by atoms with van der Waals surface area (Å²) >= 11 is 1.88. The standard InChI is InChI=1S/C16H32N2O3S/c1-6-20-13-11-12(18-15(19)21-16(2,3)4)14(13)17-9-7-8-10-22-5/h12-14,17H,6-11H2,1-5H3,(H,18,19). The van der Waals surface area contributed by atoms with Gasteiger partial charge >= 0.3 is 6.09 Å². The van der Waals surface area contributed by atoms with Gasteiger partial charge in [0.2, 0.25) is 0 Å². The van der Waals surface area contributed by atoms with Crippen LogP contribution < -0.4 is 10.6 Å². The maximum atomic E-state index is 11.9. The number of hydrogen-bond donors (Lipinski definition) is 2. The van der Waals surface area contributed by atoms with Crippen molar-refractivity contribution in [2.24, 2.45) is 0 Å². The molecular weight excluding hydrogens is 300 g/mol. The van der Waals surface area contributed by atoms with Crippen molar-refractivity contribution in [2.75, 3.05) is 25.2 Å². The largest absolute Gasteiger partial charge is 0.444 e. The van der Waals surface area contributed by atoms with Gasteiger partial charge in [-0.1, -0.05) is 0 Å². The highest BCUT2D eigenvalue weighted by molar-refractivity contribution is 7.98. The Kier molecular flexibility index (Phi) is 8.57. The first-order chi connectivity index (χ1) is 10.4. The van der Waals surface area contributed by atoms with Crippen LogP contribution in [0.1, 0.15) is 47.0 Å². The van der Waals surface area contributed by atoms with Crippen LogP contribution in [0.15, 0.2) is 0 Å². The van der Waals surface area contributed by atoms with Gasteiger partial charge < -0.3 is 20.1 Å². The van der Waals surface area contributed by atoms with E-state index in [0.717, 1.165) is 19.4 Å². The molecule has 5 nitrogen and oxygen atoms in total. The molecule has 0 aromatic rings. The zero-order valence-electron chi connectivity index (χ0n) is 14.6. The van der Waals surface area contributed by atoms with Gasteiger partial charge in [-0.25, -0.2) is 4.79 Å². The number of carbonyl (C=O) groups is 1. The summed E-state index contributed by atoms with van der Waals surface area (Å²) in [5.41, 5.74) is -0.464. The molecule has 1 fully saturated rings. The number of alkyl carbamates (subject to hydrolysis) is 1. The Labute approximate surface area is 139 Å². The predicted molar refractivity (Wildman–Crippen MR) is 92.6 cm³/mol. The molecule has 1 rings (SSSR count). The van der Waals surface area contributed by atoms with Gasteiger partial charge in [0.25, 0.3) is 0 Å². The molecule has 22 heavy (non-hydrogen) atoms. The first-order valence-electron chi connectivity index (χ1n) is 8.20. The van der Waals surface area contributed by atoms with Crippen LogP contribution >= 0.6 is 11.8 Å². The lowest BCUT2D eigenvalue weighted by Crippen LogP contribution is -2.66. The number of rotatable bonds is 9. The van der Waals surface area contributed by atoms with Gasteiger partial charge in [0.05, 0.1) is 18.2 Å². The lowest BCUT2D eigenvalue weighted by atomic mass is 9.82. The molecule has 0 saturated heterocycles. The highest BCUT2D eigenvalue weighted by atomic mass is 32.2. The minimum absolute atomic E-state index is 0.0898. The third-order valence-electron chi connectivity index (χ3n) is 3.56. The minimum atomic E-state index is -0.464. The average Bonchev–Trinajstić information content (AvgIpc) is 2.39. The summed E-state index contributed by atoms with van der Waals surface area (Å²) in [5, 5.41) is 6.48. The summed E-state index contributed by atoms with van der Waals surface area (Å²) in [7, 11) is 0. The van der Waals surface area contributed by atoms with E-state index in [1.807, 2.05) is 39.5 Å². The lowest BCUT2D eigenvalue weighted by Gasteiger charge is -2.45. The van der Waals surface area contributed by atoms with Crippen molar-refractivity contribution in [2.45, 2.75) is 70.7 Å². The lowest BCUT2D eigenvalue weighted by molar-refractivity contribution is -0.0431. The van der Waals surface area contributed by atoms with Crippen molar-refractivity contribution >= 4 is 17.9 Å². The molecule has 6 heteroatoms. The quantitative estimate of drug-likeness (QED) is 0.636. The van der Waals surface area contributed by atoms with Gasteiger partial charge in [0.15, 0.2) is 0 Å². The molecule has 3 atom stereocenters. The molecule has 0 radical (unpaired) electrons. The van der Waals surface area contributed by atoms with E-state index in [0.29, 0.717) is 6.61 Å². The monoisotopic (exact) mass is 332 g/mol. The number of amides is 1. The molecule has 0 spiro atoms. The Morgan fingerprint density at radius 3 is 2.64 bits per heavy atom. The van der Waals surface area contributed by atoms with Gasteiger partial charge in [-0.05, 0) is 65.5 Å². The van der Waals surface area contributed by atoms with E-state index in [1.165, 1.54) is 12.2 Å². The second-order valence-corrected chi connectivity index (χ2v) is 7.65. The predicted octanol–water partition coefficient (Wildman–Crippen LogP) is 2.79. The molecule has 1 amide bonds. The SMILES string of the molecule is CCOC1CC(NC(=O)OC(C)(C)C)C1NCCCCSC. The zero-order chi connectivity index (χ0) is 16.6. The number of nitrogens with one attached hydrogen (secondary N) is 2. The molecule has 0 aromatic carbocycles. The maximum Gasteiger partial charge on any atom is 0.407 e. The Bertz CT molecular complexity index is 334. The summed E-state index contributed by atoms with van der Waals surface area (Å²) in [6.45, 7) is 9.29. The summed E-state index contributed by atoms with van der Waals surface area (Å²) in [5.74, 6) is 1.20. The van der Waals surface area contributed by atoms with Crippen molar-refractivity contribution in [3.05, 3.63) is 0 Å². The fourth-order valence-electron chi connectivity index (χ4n) is 2.51. The Morgan fingerprint density at radius 1 is 1.32 bits per heavy atom. The third kappa shape index (κ3) is 7.20. The average molecular weight is 333 g/mol. The number of carbonyl (C=O) groups excluding carboxylic acids is 1. The summed E-state index contributed by atoms with van der Waals surface area (Å²) < 4.78 is 11.0. The van der Waals surface area contributed by atoms with Crippen molar-refractivity contribution in [3.63, 3.8) is 0 Å². The topological polar surface area (TPSA) is 59.6 Å². The molecule has 1 aliphatic carbocycles. The Morgan fingerprint density at radius 2 is 2.05 bits per heavy atom. The minimum Gasteiger partial charge on any atom is -0.444 e. The molecular formula is C16H32N2O3S. The first-order valence-corrected chi connectivity index (χ1v) is 9.60. The van der Waals surface area contributed by atoms with Gasteiger partial charge in [-0.15, -0.1) is 0 Å². The fourth-order valence-corrected chi connectivity index (χ4v) is 3.01. The highest BCUT2D eigenvalue weighted by Crippen LogP contribution is 2.25. The van der Waals surface area contributed by atoms with E-state index in [1.54, 1.807) is 0 Å². The smallest absolute Gasteiger partial charge is 0.407 e. The Balaban J connectivity index is 2.36. The molecule has 1 saturated carbocycles. The van der Waals surface area contributed by atoms with Crippen LogP contribution in [-0.2, 0) is 9.47 Å². The summed E-state index contributed by atoms with van der Waals surface area (Å²) in [6, 6.07) is 0.272. The van der Waals surface area contributed by atoms with Crippen LogP contribution in [0.3, 0.4) is 0 Å². The normalized spacial score (nSPS) is 24.7. The van der Waals surface area contributed by atoms with E-state index in [4.69, 9.17) is 9.47 Å². The van der Waals surface area contributed by atoms with E-state index in [-0.39, 0.29) is 24.3 Å². The highest BCUT2D eigenvalue weighted by Gasteiger charge is 2.42. The number of ether oxygens (including phenoxy) is 2. The van der Waals surface area contributed by atoms with Gasteiger partial charge in [-0.2, -0.15) is 11.8 Å². The van der Waals surface area contributed by atoms with Gasteiger partial charge in [0.1, 0.15) is 5.60 Å². The van der Waals surface area contributed by atoms with Crippen LogP contribution in [0.25, 0.3) is 0 Å². The van der Waals surface area contributed by atoms with Crippen LogP contribution in [0, 0.1) is 0 Å². The van der Waals surface area contributed by atoms with E-state index in [2.05, 4.69) is 16.9 Å². The van der Waals surface area contributed by atoms with E-state index in [9.17, 15) is 4.79 Å². The van der Waals surface area contributed by atoms with Crippen molar-refractivity contribution < 1.29 is 14.3 Å². The summed E-state index contributed by atoms with van der Waals surface area (Å²) in [6.07, 6.45) is 5.17. The van der Waals surface area contributed by atoms with Crippen LogP contribution in [0.5, 0.6) is 0 Å². The molecule has 0 aliphatic heterocycles. The van der Waals surface area contributed by atoms with Gasteiger partial charge in [-0.3, -0.25) is 0 Å². The van der Waals surface area contributed by atoms with Gasteiger partial charge in [0, 0.05) is 6.61 Å². The van der Waals surface area contributed by atoms with Crippen molar-refractivity contribution in [3.8, 4) is 0 Å². The second-order valence-electron chi connectivity index (χ2n) is 6.66. The number of unbranched alkanes of at least 4 members (excludes halogenated alkanes) is 1. The van der Waals surface area contributed by atoms with Crippen molar-refractivity contribution in [1.29, 1.82) is 0 Å². The van der Waals surface area contributed by atoms with E-state index < -0.39 is 5.60 Å². The summed E-state index contributed by atoms with van der Waals surface area (Å²) in [4.78, 5) is 11.9. The molecule has 0 aromatic heterocycles. The number of thioether (sulfide) groups is 1. The first kappa shape index (κ1) is 19.6. The second kappa shape index (κ2) is 9.63. The maximum absolute atomic E-state index is 11.9. The number of hydrogen-bond acceptors (Lipinski definition) is 5. The molecule has 0 heterocycles. The molecule has 130 valence electrons. The fraction of sp³-hybridized carbons (Fsp3) is 0.938. The van der Waals surface area contributed by atoms with Crippen LogP contribution in [0.4, 0.5) is 4.79 Å². The van der Waals surface area contributed by atoms with E-state index >= 15 is 0 Å². The Hall–Kier alpha value is -0.460. The zero-order valence-corrected chi connectivity index (χ0v) is 15.4. The van der Waals surface area contributed by atoms with Crippen LogP contribution in [-0.4, -0.2) is 55.0 Å². The molecule has 1 aliphatic rings.